The number of halogens is 2. The van der Waals surface area contributed by atoms with Crippen molar-refractivity contribution >= 4 is 50.7 Å². The van der Waals surface area contributed by atoms with Crippen LogP contribution in [-0.4, -0.2) is 65.6 Å². The predicted octanol–water partition coefficient (Wildman–Crippen LogP) is 5.40. The van der Waals surface area contributed by atoms with E-state index < -0.39 is 28.5 Å². The maximum Gasteiger partial charge on any atom is 0.265 e. The van der Waals surface area contributed by atoms with Gasteiger partial charge in [0.2, 0.25) is 11.8 Å². The Balaban J connectivity index is 2.13. The minimum absolute atomic E-state index is 0.00736. The molecule has 3 aromatic carbocycles. The van der Waals surface area contributed by atoms with Crippen molar-refractivity contribution in [2.24, 2.45) is 5.92 Å². The third-order valence-electron chi connectivity index (χ3n) is 6.73. The normalized spacial score (nSPS) is 11.9. The molecule has 0 aromatic heterocycles. The largest absolute Gasteiger partial charge is 0.495 e. The van der Waals surface area contributed by atoms with E-state index in [2.05, 4.69) is 5.32 Å². The van der Waals surface area contributed by atoms with Crippen LogP contribution in [0.4, 0.5) is 5.69 Å². The molecule has 0 bridgehead atoms. The SMILES string of the molecule is COc1ccc(S(=O)(=O)N(CC(=O)N(Cc2cccc(Cl)c2)[C@H](C)C(=O)NCC(C)C)c2cc(Cl)ccc2OC)cc1OC. The first kappa shape index (κ1) is 34.8. The first-order valence-electron chi connectivity index (χ1n) is 13.7. The third-order valence-corrected chi connectivity index (χ3v) is 8.95. The van der Waals surface area contributed by atoms with Gasteiger partial charge in [0.25, 0.3) is 10.0 Å². The highest BCUT2D eigenvalue weighted by molar-refractivity contribution is 7.92. The van der Waals surface area contributed by atoms with Crippen molar-refractivity contribution in [3.8, 4) is 17.2 Å². The zero-order valence-corrected chi connectivity index (χ0v) is 27.8. The van der Waals surface area contributed by atoms with Crippen LogP contribution in [0.3, 0.4) is 0 Å². The molecule has 1 atom stereocenters. The number of hydrogen-bond donors (Lipinski definition) is 1. The van der Waals surface area contributed by atoms with Crippen molar-refractivity contribution in [3.63, 3.8) is 0 Å². The van der Waals surface area contributed by atoms with Gasteiger partial charge in [-0.3, -0.25) is 13.9 Å². The molecule has 13 heteroatoms. The summed E-state index contributed by atoms with van der Waals surface area (Å²) in [4.78, 5) is 28.5. The van der Waals surface area contributed by atoms with Crippen LogP contribution in [0.2, 0.25) is 10.0 Å². The number of anilines is 1. The second-order valence-electron chi connectivity index (χ2n) is 10.3. The molecule has 0 heterocycles. The first-order chi connectivity index (χ1) is 20.8. The zero-order valence-electron chi connectivity index (χ0n) is 25.5. The highest BCUT2D eigenvalue weighted by Crippen LogP contribution is 2.37. The minimum Gasteiger partial charge on any atom is -0.495 e. The van der Waals surface area contributed by atoms with Gasteiger partial charge in [0.15, 0.2) is 11.5 Å². The maximum absolute atomic E-state index is 14.3. The number of nitrogens with one attached hydrogen (secondary N) is 1. The first-order valence-corrected chi connectivity index (χ1v) is 15.9. The van der Waals surface area contributed by atoms with E-state index in [1.54, 1.807) is 37.3 Å². The summed E-state index contributed by atoms with van der Waals surface area (Å²) >= 11 is 12.5. The Hall–Kier alpha value is -3.67. The van der Waals surface area contributed by atoms with E-state index in [0.717, 1.165) is 4.31 Å². The number of benzene rings is 3. The van der Waals surface area contributed by atoms with Gasteiger partial charge in [-0.1, -0.05) is 49.2 Å². The van der Waals surface area contributed by atoms with E-state index in [1.807, 2.05) is 13.8 Å². The molecule has 0 spiro atoms. The van der Waals surface area contributed by atoms with Crippen LogP contribution in [0.5, 0.6) is 17.2 Å². The molecule has 3 rings (SSSR count). The van der Waals surface area contributed by atoms with Gasteiger partial charge in [-0.2, -0.15) is 0 Å². The summed E-state index contributed by atoms with van der Waals surface area (Å²) in [5.41, 5.74) is 0.687. The van der Waals surface area contributed by atoms with E-state index in [9.17, 15) is 18.0 Å². The van der Waals surface area contributed by atoms with Gasteiger partial charge < -0.3 is 24.4 Å². The Labute approximate surface area is 268 Å². The van der Waals surface area contributed by atoms with Gasteiger partial charge in [-0.25, -0.2) is 8.42 Å². The van der Waals surface area contributed by atoms with Crippen LogP contribution in [-0.2, 0) is 26.2 Å². The van der Waals surface area contributed by atoms with Crippen LogP contribution in [0, 0.1) is 5.92 Å². The van der Waals surface area contributed by atoms with E-state index in [4.69, 9.17) is 37.4 Å². The zero-order chi connectivity index (χ0) is 32.6. The molecule has 10 nitrogen and oxygen atoms in total. The van der Waals surface area contributed by atoms with E-state index >= 15 is 0 Å². The number of carbonyl (C=O) groups excluding carboxylic acids is 2. The van der Waals surface area contributed by atoms with Crippen molar-refractivity contribution < 1.29 is 32.2 Å². The molecule has 1 N–H and O–H groups in total. The number of rotatable bonds is 14. The Morgan fingerprint density at radius 2 is 1.48 bits per heavy atom. The third kappa shape index (κ3) is 8.49. The Kier molecular flexibility index (Phi) is 12.2. The van der Waals surface area contributed by atoms with Gasteiger partial charge in [-0.05, 0) is 60.9 Å². The minimum atomic E-state index is -4.45. The average Bonchev–Trinajstić information content (AvgIpc) is 3.00. The number of ether oxygens (including phenoxy) is 3. The molecule has 238 valence electrons. The summed E-state index contributed by atoms with van der Waals surface area (Å²) in [7, 11) is -0.254. The van der Waals surface area contributed by atoms with Crippen molar-refractivity contribution in [3.05, 3.63) is 76.3 Å². The van der Waals surface area contributed by atoms with Gasteiger partial charge >= 0.3 is 0 Å². The fourth-order valence-corrected chi connectivity index (χ4v) is 6.15. The second-order valence-corrected chi connectivity index (χ2v) is 13.0. The molecule has 0 radical (unpaired) electrons. The van der Waals surface area contributed by atoms with Crippen LogP contribution in [0.1, 0.15) is 26.3 Å². The monoisotopic (exact) mass is 665 g/mol. The number of hydrogen-bond acceptors (Lipinski definition) is 7. The van der Waals surface area contributed by atoms with Crippen molar-refractivity contribution in [2.75, 3.05) is 38.7 Å². The highest BCUT2D eigenvalue weighted by Gasteiger charge is 2.34. The summed E-state index contributed by atoms with van der Waals surface area (Å²) < 4.78 is 45.5. The molecule has 3 aromatic rings. The highest BCUT2D eigenvalue weighted by atomic mass is 35.5. The van der Waals surface area contributed by atoms with Crippen LogP contribution in [0.25, 0.3) is 0 Å². The number of amides is 2. The molecule has 0 aliphatic rings. The predicted molar refractivity (Wildman–Crippen MR) is 171 cm³/mol. The van der Waals surface area contributed by atoms with Gasteiger partial charge in [-0.15, -0.1) is 0 Å². The lowest BCUT2D eigenvalue weighted by Gasteiger charge is -2.32. The number of methoxy groups -OCH3 is 3. The fourth-order valence-electron chi connectivity index (χ4n) is 4.34. The summed E-state index contributed by atoms with van der Waals surface area (Å²) in [6.07, 6.45) is 0. The van der Waals surface area contributed by atoms with Gasteiger partial charge in [0.05, 0.1) is 31.9 Å². The summed E-state index contributed by atoms with van der Waals surface area (Å²) in [5, 5.41) is 3.52. The van der Waals surface area contributed by atoms with E-state index in [0.29, 0.717) is 22.9 Å². The second kappa shape index (κ2) is 15.4. The molecular weight excluding hydrogens is 629 g/mol. The topological polar surface area (TPSA) is 114 Å². The van der Waals surface area contributed by atoms with E-state index in [1.165, 1.54) is 56.6 Å². The molecule has 0 saturated heterocycles. The Bertz CT molecular complexity index is 1580. The molecule has 0 fully saturated rings. The number of nitrogens with zero attached hydrogens (tertiary/aromatic N) is 2. The van der Waals surface area contributed by atoms with Crippen LogP contribution in [0.15, 0.2) is 65.6 Å². The average molecular weight is 667 g/mol. The fraction of sp³-hybridized carbons (Fsp3) is 0.355. The Morgan fingerprint density at radius 1 is 0.841 bits per heavy atom. The summed E-state index contributed by atoms with van der Waals surface area (Å²) in [6, 6.07) is 14.5. The smallest absolute Gasteiger partial charge is 0.265 e. The number of sulfonamides is 1. The van der Waals surface area contributed by atoms with Gasteiger partial charge in [0.1, 0.15) is 18.3 Å². The summed E-state index contributed by atoms with van der Waals surface area (Å²) in [6.45, 7) is 5.21. The molecule has 0 aliphatic carbocycles. The quantitative estimate of drug-likeness (QED) is 0.245. The lowest BCUT2D eigenvalue weighted by molar-refractivity contribution is -0.139. The van der Waals surface area contributed by atoms with Crippen LogP contribution >= 0.6 is 23.2 Å². The molecule has 2 amide bonds. The molecule has 0 aliphatic heterocycles. The lowest BCUT2D eigenvalue weighted by Crippen LogP contribution is -2.51. The van der Waals surface area contributed by atoms with Crippen LogP contribution < -0.4 is 23.8 Å². The molecule has 0 unspecified atom stereocenters. The maximum atomic E-state index is 14.3. The van der Waals surface area contributed by atoms with Crippen molar-refractivity contribution in [2.45, 2.75) is 38.3 Å². The molecule has 0 saturated carbocycles. The standard InChI is InChI=1S/C31H37Cl2N3O7S/c1-20(2)17-34-31(38)21(3)35(18-22-8-7-9-23(32)14-22)30(37)19-36(26-15-24(33)10-12-27(26)41-4)44(39,40)25-11-13-28(42-5)29(16-25)43-6/h7-16,20-21H,17-19H2,1-6H3,(H,34,38)/t21-/m1/s1. The Morgan fingerprint density at radius 3 is 2.09 bits per heavy atom. The van der Waals surface area contributed by atoms with Gasteiger partial charge in [0, 0.05) is 29.2 Å². The van der Waals surface area contributed by atoms with E-state index in [-0.39, 0.29) is 45.5 Å². The van der Waals surface area contributed by atoms with Crippen molar-refractivity contribution in [1.29, 1.82) is 0 Å². The molecular formula is C31H37Cl2N3O7S. The van der Waals surface area contributed by atoms with Crippen molar-refractivity contribution in [1.82, 2.24) is 10.2 Å². The lowest BCUT2D eigenvalue weighted by atomic mass is 10.1. The summed E-state index contributed by atoms with van der Waals surface area (Å²) in [5.74, 6) is -0.192. The molecule has 44 heavy (non-hydrogen) atoms. The number of carbonyl (C=O) groups is 2.